The summed E-state index contributed by atoms with van der Waals surface area (Å²) < 4.78 is 18.9. The molecule has 1 N–H and O–H groups in total. The fraction of sp³-hybridized carbons (Fsp3) is 0.600. The SMILES string of the molecule is COCCNCc1c(F)cccc1SC1CCCC1. The van der Waals surface area contributed by atoms with Crippen molar-refractivity contribution >= 4 is 11.8 Å². The largest absolute Gasteiger partial charge is 0.383 e. The lowest BCUT2D eigenvalue weighted by Crippen LogP contribution is -2.19. The standard InChI is InChI=1S/C15H22FNOS/c1-18-10-9-17-11-13-14(16)7-4-8-15(13)19-12-5-2-3-6-12/h4,7-8,12,17H,2-3,5-6,9-11H2,1H3. The van der Waals surface area contributed by atoms with E-state index in [1.807, 2.05) is 23.9 Å². The van der Waals surface area contributed by atoms with Gasteiger partial charge in [0.25, 0.3) is 0 Å². The number of halogens is 1. The van der Waals surface area contributed by atoms with Crippen LogP contribution in [-0.2, 0) is 11.3 Å². The van der Waals surface area contributed by atoms with Crippen molar-refractivity contribution in [2.45, 2.75) is 42.4 Å². The summed E-state index contributed by atoms with van der Waals surface area (Å²) in [5.41, 5.74) is 0.801. The molecular formula is C15H22FNOS. The van der Waals surface area contributed by atoms with Gasteiger partial charge in [0, 0.05) is 35.9 Å². The third-order valence-corrected chi connectivity index (χ3v) is 4.90. The van der Waals surface area contributed by atoms with Gasteiger partial charge in [-0.3, -0.25) is 0 Å². The van der Waals surface area contributed by atoms with Gasteiger partial charge in [-0.25, -0.2) is 4.39 Å². The Morgan fingerprint density at radius 2 is 2.16 bits per heavy atom. The van der Waals surface area contributed by atoms with Gasteiger partial charge in [-0.05, 0) is 25.0 Å². The molecule has 4 heteroatoms. The van der Waals surface area contributed by atoms with Crippen LogP contribution in [0.2, 0.25) is 0 Å². The highest BCUT2D eigenvalue weighted by Gasteiger charge is 2.18. The quantitative estimate of drug-likeness (QED) is 0.773. The molecule has 0 bridgehead atoms. The maximum absolute atomic E-state index is 13.9. The molecule has 1 aliphatic rings. The van der Waals surface area contributed by atoms with Gasteiger partial charge in [0.2, 0.25) is 0 Å². The maximum Gasteiger partial charge on any atom is 0.128 e. The first-order chi connectivity index (χ1) is 9.31. The Kier molecular flexibility index (Phi) is 6.14. The molecule has 19 heavy (non-hydrogen) atoms. The van der Waals surface area contributed by atoms with Crippen LogP contribution in [0.1, 0.15) is 31.2 Å². The second kappa shape index (κ2) is 7.88. The van der Waals surface area contributed by atoms with Gasteiger partial charge in [-0.2, -0.15) is 0 Å². The van der Waals surface area contributed by atoms with E-state index in [1.54, 1.807) is 13.2 Å². The Labute approximate surface area is 119 Å². The molecule has 1 aromatic carbocycles. The lowest BCUT2D eigenvalue weighted by molar-refractivity contribution is 0.199. The van der Waals surface area contributed by atoms with Gasteiger partial charge < -0.3 is 10.1 Å². The molecular weight excluding hydrogens is 261 g/mol. The summed E-state index contributed by atoms with van der Waals surface area (Å²) in [6.07, 6.45) is 5.15. The van der Waals surface area contributed by atoms with E-state index in [-0.39, 0.29) is 5.82 Å². The monoisotopic (exact) mass is 283 g/mol. The van der Waals surface area contributed by atoms with Crippen molar-refractivity contribution in [3.05, 3.63) is 29.6 Å². The van der Waals surface area contributed by atoms with Crippen molar-refractivity contribution in [1.82, 2.24) is 5.32 Å². The molecule has 1 aromatic rings. The zero-order chi connectivity index (χ0) is 13.5. The molecule has 1 aliphatic carbocycles. The molecule has 1 fully saturated rings. The van der Waals surface area contributed by atoms with Gasteiger partial charge in [-0.15, -0.1) is 11.8 Å². The van der Waals surface area contributed by atoms with Crippen molar-refractivity contribution in [1.29, 1.82) is 0 Å². The van der Waals surface area contributed by atoms with E-state index in [1.165, 1.54) is 25.7 Å². The van der Waals surface area contributed by atoms with Gasteiger partial charge in [0.1, 0.15) is 5.82 Å². The Morgan fingerprint density at radius 1 is 1.37 bits per heavy atom. The number of ether oxygens (including phenoxy) is 1. The predicted octanol–water partition coefficient (Wildman–Crippen LogP) is 3.60. The van der Waals surface area contributed by atoms with E-state index in [4.69, 9.17) is 4.74 Å². The fourth-order valence-corrected chi connectivity index (χ4v) is 3.79. The van der Waals surface area contributed by atoms with E-state index in [2.05, 4.69) is 5.32 Å². The van der Waals surface area contributed by atoms with Crippen molar-refractivity contribution < 1.29 is 9.13 Å². The molecule has 0 saturated heterocycles. The second-order valence-corrected chi connectivity index (χ2v) is 6.25. The van der Waals surface area contributed by atoms with Crippen LogP contribution < -0.4 is 5.32 Å². The Balaban J connectivity index is 1.98. The minimum Gasteiger partial charge on any atom is -0.383 e. The van der Waals surface area contributed by atoms with E-state index in [0.717, 1.165) is 17.0 Å². The number of thioether (sulfide) groups is 1. The molecule has 1 saturated carbocycles. The summed E-state index contributed by atoms with van der Waals surface area (Å²) in [5.74, 6) is -0.104. The fourth-order valence-electron chi connectivity index (χ4n) is 2.39. The number of rotatable bonds is 7. The number of methoxy groups -OCH3 is 1. The second-order valence-electron chi connectivity index (χ2n) is 4.91. The average Bonchev–Trinajstić information content (AvgIpc) is 2.90. The highest BCUT2D eigenvalue weighted by molar-refractivity contribution is 8.00. The van der Waals surface area contributed by atoms with Gasteiger partial charge >= 0.3 is 0 Å². The van der Waals surface area contributed by atoms with E-state index >= 15 is 0 Å². The third kappa shape index (κ3) is 4.48. The minimum atomic E-state index is -0.104. The number of benzene rings is 1. The Morgan fingerprint density at radius 3 is 2.89 bits per heavy atom. The smallest absolute Gasteiger partial charge is 0.128 e. The van der Waals surface area contributed by atoms with E-state index in [9.17, 15) is 4.39 Å². The molecule has 2 nitrogen and oxygen atoms in total. The van der Waals surface area contributed by atoms with Gasteiger partial charge in [0.15, 0.2) is 0 Å². The van der Waals surface area contributed by atoms with Crippen molar-refractivity contribution in [3.63, 3.8) is 0 Å². The first-order valence-electron chi connectivity index (χ1n) is 6.95. The van der Waals surface area contributed by atoms with Crippen LogP contribution in [0.25, 0.3) is 0 Å². The molecule has 0 heterocycles. The van der Waals surface area contributed by atoms with E-state index in [0.29, 0.717) is 18.4 Å². The summed E-state index contributed by atoms with van der Waals surface area (Å²) in [7, 11) is 1.67. The summed E-state index contributed by atoms with van der Waals surface area (Å²) in [6.45, 7) is 1.98. The molecule has 0 radical (unpaired) electrons. The summed E-state index contributed by atoms with van der Waals surface area (Å²) in [4.78, 5) is 1.09. The van der Waals surface area contributed by atoms with Crippen LogP contribution in [0, 0.1) is 5.82 Å². The van der Waals surface area contributed by atoms with Crippen LogP contribution >= 0.6 is 11.8 Å². The molecule has 2 rings (SSSR count). The summed E-state index contributed by atoms with van der Waals surface area (Å²) in [6, 6.07) is 5.40. The van der Waals surface area contributed by atoms with Crippen LogP contribution in [0.15, 0.2) is 23.1 Å². The molecule has 0 spiro atoms. The first kappa shape index (κ1) is 14.8. The van der Waals surface area contributed by atoms with Crippen molar-refractivity contribution in [3.8, 4) is 0 Å². The Hall–Kier alpha value is -0.580. The summed E-state index contributed by atoms with van der Waals surface area (Å²) in [5, 5.41) is 3.90. The highest BCUT2D eigenvalue weighted by atomic mass is 32.2. The van der Waals surface area contributed by atoms with E-state index < -0.39 is 0 Å². The molecule has 0 unspecified atom stereocenters. The normalized spacial score (nSPS) is 16.1. The molecule has 0 aliphatic heterocycles. The third-order valence-electron chi connectivity index (χ3n) is 3.46. The van der Waals surface area contributed by atoms with Crippen molar-refractivity contribution in [2.75, 3.05) is 20.3 Å². The zero-order valence-corrected chi connectivity index (χ0v) is 12.3. The predicted molar refractivity (Wildman–Crippen MR) is 78.1 cm³/mol. The van der Waals surface area contributed by atoms with Crippen molar-refractivity contribution in [2.24, 2.45) is 0 Å². The maximum atomic E-state index is 13.9. The van der Waals surface area contributed by atoms with Crippen LogP contribution in [-0.4, -0.2) is 25.5 Å². The molecule has 0 aromatic heterocycles. The van der Waals surface area contributed by atoms with Gasteiger partial charge in [-0.1, -0.05) is 18.9 Å². The Bertz CT molecular complexity index is 394. The van der Waals surface area contributed by atoms with Gasteiger partial charge in [0.05, 0.1) is 6.61 Å². The summed E-state index contributed by atoms with van der Waals surface area (Å²) >= 11 is 1.84. The minimum absolute atomic E-state index is 0.104. The average molecular weight is 283 g/mol. The first-order valence-corrected chi connectivity index (χ1v) is 7.83. The molecule has 0 amide bonds. The molecule has 0 atom stereocenters. The zero-order valence-electron chi connectivity index (χ0n) is 11.5. The van der Waals surface area contributed by atoms with Crippen LogP contribution in [0.4, 0.5) is 4.39 Å². The number of nitrogens with one attached hydrogen (secondary N) is 1. The topological polar surface area (TPSA) is 21.3 Å². The number of hydrogen-bond acceptors (Lipinski definition) is 3. The molecule has 106 valence electrons. The van der Waals surface area contributed by atoms with Crippen LogP contribution in [0.3, 0.4) is 0 Å². The highest BCUT2D eigenvalue weighted by Crippen LogP contribution is 2.36. The lowest BCUT2D eigenvalue weighted by atomic mass is 10.2. The lowest BCUT2D eigenvalue weighted by Gasteiger charge is -2.14. The number of hydrogen-bond donors (Lipinski definition) is 1. The van der Waals surface area contributed by atoms with Crippen LogP contribution in [0.5, 0.6) is 0 Å².